The lowest BCUT2D eigenvalue weighted by Crippen LogP contribution is -2.27. The molecule has 0 N–H and O–H groups in total. The Morgan fingerprint density at radius 2 is 1.62 bits per heavy atom. The molecule has 0 saturated carbocycles. The molecular weight excluding hydrogens is 330 g/mol. The molecular formula is C21H31NO4. The topological polar surface area (TPSA) is 55.8 Å². The van der Waals surface area contributed by atoms with Gasteiger partial charge in [-0.15, -0.1) is 0 Å². The van der Waals surface area contributed by atoms with Gasteiger partial charge in [-0.05, 0) is 25.6 Å². The molecule has 0 fully saturated rings. The summed E-state index contributed by atoms with van der Waals surface area (Å²) >= 11 is 0. The Kier molecular flexibility index (Phi) is 12.6. The highest BCUT2D eigenvalue weighted by molar-refractivity contribution is 5.88. The smallest absolute Gasteiger partial charge is 0.333 e. The predicted octanol–water partition coefficient (Wildman–Crippen LogP) is 3.41. The second-order valence-electron chi connectivity index (χ2n) is 5.70. The largest absolute Gasteiger partial charge is 0.466 e. The van der Waals surface area contributed by atoms with Crippen molar-refractivity contribution in [2.45, 2.75) is 27.2 Å². The van der Waals surface area contributed by atoms with E-state index < -0.39 is 0 Å². The molecule has 0 atom stereocenters. The number of likely N-dealkylation sites (N-methyl/N-ethyl adjacent to an activating group) is 1. The molecule has 1 rings (SSSR count). The average molecular weight is 361 g/mol. The first kappa shape index (κ1) is 23.6. The predicted molar refractivity (Wildman–Crippen MR) is 105 cm³/mol. The maximum Gasteiger partial charge on any atom is 0.333 e. The van der Waals surface area contributed by atoms with Crippen molar-refractivity contribution < 1.29 is 19.1 Å². The zero-order valence-electron chi connectivity index (χ0n) is 16.4. The standard InChI is InChI=1S/C11H12O2.C10H19NO2/c1-9(11(12)13-2)8-10-6-4-3-5-7-10;1-5-11(6-2)7-8-13-10(12)9(3)4/h3-7H,1,8H2,2H3;3,5-8H2,1-2,4H3. The maximum absolute atomic E-state index is 11.0. The first-order valence-electron chi connectivity index (χ1n) is 8.70. The van der Waals surface area contributed by atoms with Crippen LogP contribution in [-0.2, 0) is 25.5 Å². The van der Waals surface area contributed by atoms with Crippen LogP contribution in [0, 0.1) is 0 Å². The van der Waals surface area contributed by atoms with E-state index in [0.29, 0.717) is 24.2 Å². The van der Waals surface area contributed by atoms with Gasteiger partial charge in [-0.1, -0.05) is 57.3 Å². The van der Waals surface area contributed by atoms with Crippen LogP contribution in [0.25, 0.3) is 0 Å². The van der Waals surface area contributed by atoms with Gasteiger partial charge >= 0.3 is 11.9 Å². The number of nitrogens with zero attached hydrogens (tertiary/aromatic N) is 1. The van der Waals surface area contributed by atoms with Crippen LogP contribution in [0.4, 0.5) is 0 Å². The minimum absolute atomic E-state index is 0.299. The van der Waals surface area contributed by atoms with Crippen LogP contribution < -0.4 is 0 Å². The van der Waals surface area contributed by atoms with Gasteiger partial charge in [0.15, 0.2) is 0 Å². The van der Waals surface area contributed by atoms with Gasteiger partial charge in [0.1, 0.15) is 6.61 Å². The van der Waals surface area contributed by atoms with Gasteiger partial charge in [-0.3, -0.25) is 0 Å². The molecule has 0 aromatic heterocycles. The minimum Gasteiger partial charge on any atom is -0.466 e. The molecule has 0 heterocycles. The van der Waals surface area contributed by atoms with Crippen molar-refractivity contribution in [2.24, 2.45) is 0 Å². The number of carbonyl (C=O) groups excluding carboxylic acids is 2. The number of hydrogen-bond donors (Lipinski definition) is 0. The summed E-state index contributed by atoms with van der Waals surface area (Å²) in [5.41, 5.74) is 2.01. The number of ether oxygens (including phenoxy) is 2. The molecule has 0 radical (unpaired) electrons. The Balaban J connectivity index is 0.000000481. The first-order chi connectivity index (χ1) is 12.3. The molecule has 1 aromatic carbocycles. The van der Waals surface area contributed by atoms with Gasteiger partial charge in [0.05, 0.1) is 7.11 Å². The third kappa shape index (κ3) is 10.5. The lowest BCUT2D eigenvalue weighted by molar-refractivity contribution is -0.139. The van der Waals surface area contributed by atoms with Crippen molar-refractivity contribution in [2.75, 3.05) is 33.4 Å². The second-order valence-corrected chi connectivity index (χ2v) is 5.70. The molecule has 1 aromatic rings. The van der Waals surface area contributed by atoms with E-state index in [4.69, 9.17) is 4.74 Å². The van der Waals surface area contributed by atoms with E-state index in [1.807, 2.05) is 30.3 Å². The summed E-state index contributed by atoms with van der Waals surface area (Å²) in [6, 6.07) is 9.70. The van der Waals surface area contributed by atoms with E-state index in [2.05, 4.69) is 36.6 Å². The number of hydrogen-bond acceptors (Lipinski definition) is 5. The normalized spacial score (nSPS) is 9.73. The van der Waals surface area contributed by atoms with Crippen LogP contribution in [-0.4, -0.2) is 50.2 Å². The summed E-state index contributed by atoms with van der Waals surface area (Å²) in [4.78, 5) is 24.2. The lowest BCUT2D eigenvalue weighted by atomic mass is 10.1. The summed E-state index contributed by atoms with van der Waals surface area (Å²) in [5, 5.41) is 0. The van der Waals surface area contributed by atoms with Crippen molar-refractivity contribution in [1.82, 2.24) is 4.90 Å². The summed E-state index contributed by atoms with van der Waals surface area (Å²) in [5.74, 6) is -0.643. The van der Waals surface area contributed by atoms with Crippen molar-refractivity contribution in [3.63, 3.8) is 0 Å². The lowest BCUT2D eigenvalue weighted by Gasteiger charge is -2.17. The molecule has 0 bridgehead atoms. The number of methoxy groups -OCH3 is 1. The molecule has 0 aliphatic rings. The van der Waals surface area contributed by atoms with E-state index >= 15 is 0 Å². The van der Waals surface area contributed by atoms with E-state index in [1.54, 1.807) is 6.92 Å². The Morgan fingerprint density at radius 3 is 2.08 bits per heavy atom. The van der Waals surface area contributed by atoms with Crippen LogP contribution >= 0.6 is 0 Å². The Bertz CT molecular complexity index is 577. The summed E-state index contributed by atoms with van der Waals surface area (Å²) in [6.07, 6.45) is 0.549. The summed E-state index contributed by atoms with van der Waals surface area (Å²) in [6.45, 7) is 16.2. The maximum atomic E-state index is 11.0. The Labute approximate surface area is 157 Å². The average Bonchev–Trinajstić information content (AvgIpc) is 2.65. The number of benzene rings is 1. The molecule has 0 aliphatic carbocycles. The van der Waals surface area contributed by atoms with Gasteiger partial charge < -0.3 is 14.4 Å². The van der Waals surface area contributed by atoms with Gasteiger partial charge in [0.25, 0.3) is 0 Å². The highest BCUT2D eigenvalue weighted by Gasteiger charge is 2.06. The second kappa shape index (κ2) is 13.8. The third-order valence-corrected chi connectivity index (χ3v) is 3.62. The van der Waals surface area contributed by atoms with E-state index in [0.717, 1.165) is 25.2 Å². The van der Waals surface area contributed by atoms with Crippen LogP contribution in [0.2, 0.25) is 0 Å². The van der Waals surface area contributed by atoms with E-state index in [9.17, 15) is 9.59 Å². The quantitative estimate of drug-likeness (QED) is 0.498. The zero-order valence-corrected chi connectivity index (χ0v) is 16.4. The fourth-order valence-corrected chi connectivity index (χ4v) is 1.99. The Morgan fingerprint density at radius 1 is 1.04 bits per heavy atom. The molecule has 0 saturated heterocycles. The number of esters is 2. The van der Waals surface area contributed by atoms with Crippen molar-refractivity contribution in [3.05, 3.63) is 60.2 Å². The van der Waals surface area contributed by atoms with Gasteiger partial charge in [0.2, 0.25) is 0 Å². The fourth-order valence-electron chi connectivity index (χ4n) is 1.99. The first-order valence-corrected chi connectivity index (χ1v) is 8.70. The van der Waals surface area contributed by atoms with E-state index in [-0.39, 0.29) is 11.9 Å². The molecule has 0 aliphatic heterocycles. The molecule has 5 heteroatoms. The zero-order chi connectivity index (χ0) is 19.9. The monoisotopic (exact) mass is 361 g/mol. The number of rotatable bonds is 9. The molecule has 144 valence electrons. The Hall–Kier alpha value is -2.40. The fraction of sp³-hybridized carbons (Fsp3) is 0.429. The highest BCUT2D eigenvalue weighted by atomic mass is 16.5. The van der Waals surface area contributed by atoms with E-state index in [1.165, 1.54) is 7.11 Å². The molecule has 0 unspecified atom stereocenters. The SMILES string of the molecule is C=C(C)C(=O)OCCN(CC)CC.C=C(Cc1ccccc1)C(=O)OC. The van der Waals surface area contributed by atoms with Gasteiger partial charge in [0, 0.05) is 24.1 Å². The summed E-state index contributed by atoms with van der Waals surface area (Å²) < 4.78 is 9.50. The third-order valence-electron chi connectivity index (χ3n) is 3.62. The van der Waals surface area contributed by atoms with Gasteiger partial charge in [-0.25, -0.2) is 9.59 Å². The van der Waals surface area contributed by atoms with Crippen LogP contribution in [0.3, 0.4) is 0 Å². The van der Waals surface area contributed by atoms with Crippen molar-refractivity contribution in [1.29, 1.82) is 0 Å². The number of carbonyl (C=O) groups is 2. The van der Waals surface area contributed by atoms with Crippen molar-refractivity contribution in [3.8, 4) is 0 Å². The van der Waals surface area contributed by atoms with Crippen molar-refractivity contribution >= 4 is 11.9 Å². The highest BCUT2D eigenvalue weighted by Crippen LogP contribution is 2.06. The molecule has 5 nitrogen and oxygen atoms in total. The van der Waals surface area contributed by atoms with Crippen LogP contribution in [0.5, 0.6) is 0 Å². The molecule has 0 amide bonds. The summed E-state index contributed by atoms with van der Waals surface area (Å²) in [7, 11) is 1.36. The molecule has 26 heavy (non-hydrogen) atoms. The van der Waals surface area contributed by atoms with Gasteiger partial charge in [-0.2, -0.15) is 0 Å². The molecule has 0 spiro atoms. The van der Waals surface area contributed by atoms with Crippen LogP contribution in [0.1, 0.15) is 26.3 Å². The minimum atomic E-state index is -0.344. The van der Waals surface area contributed by atoms with Crippen LogP contribution in [0.15, 0.2) is 54.6 Å².